The highest BCUT2D eigenvalue weighted by Crippen LogP contribution is 2.33. The van der Waals surface area contributed by atoms with Crippen LogP contribution in [0.4, 0.5) is 5.69 Å². The van der Waals surface area contributed by atoms with Crippen molar-refractivity contribution in [3.8, 4) is 11.8 Å². The van der Waals surface area contributed by atoms with E-state index in [0.29, 0.717) is 25.2 Å². The van der Waals surface area contributed by atoms with Gasteiger partial charge in [-0.1, -0.05) is 11.8 Å². The molecular formula is C35H53N5O3. The predicted molar refractivity (Wildman–Crippen MR) is 176 cm³/mol. The van der Waals surface area contributed by atoms with Crippen molar-refractivity contribution in [1.29, 1.82) is 0 Å². The van der Waals surface area contributed by atoms with E-state index in [1.54, 1.807) is 7.11 Å². The molecule has 0 radical (unpaired) electrons. The van der Waals surface area contributed by atoms with Crippen molar-refractivity contribution in [1.82, 2.24) is 20.1 Å². The molecule has 43 heavy (non-hydrogen) atoms. The Kier molecular flexibility index (Phi) is 12.7. The second-order valence-electron chi connectivity index (χ2n) is 12.2. The van der Waals surface area contributed by atoms with E-state index in [0.717, 1.165) is 74.9 Å². The highest BCUT2D eigenvalue weighted by molar-refractivity contribution is 5.61. The summed E-state index contributed by atoms with van der Waals surface area (Å²) in [5, 5.41) is 3.57. The van der Waals surface area contributed by atoms with Crippen LogP contribution in [0.5, 0.6) is 0 Å². The maximum Gasteiger partial charge on any atom is 0.252 e. The van der Waals surface area contributed by atoms with Gasteiger partial charge in [0.05, 0.1) is 26.4 Å². The maximum absolute atomic E-state index is 12.6. The molecular weight excluding hydrogens is 538 g/mol. The SMILES string of the molecule is CCN(c1cc(C#CCN2CCOCC2)cc(CNCc2c(C)cc(C)[nH]c2=O)c1C)C1CCC(N(C)CCOC)CC1. The number of pyridine rings is 1. The quantitative estimate of drug-likeness (QED) is 0.362. The fraction of sp³-hybridized carbons (Fsp3) is 0.629. The molecule has 236 valence electrons. The molecule has 1 aliphatic carbocycles. The Labute approximate surface area is 259 Å². The molecule has 8 heteroatoms. The van der Waals surface area contributed by atoms with Crippen LogP contribution >= 0.6 is 0 Å². The molecule has 2 fully saturated rings. The predicted octanol–water partition coefficient (Wildman–Crippen LogP) is 3.99. The summed E-state index contributed by atoms with van der Waals surface area (Å²) in [7, 11) is 4.01. The second kappa shape index (κ2) is 16.4. The van der Waals surface area contributed by atoms with Crippen LogP contribution in [0.3, 0.4) is 0 Å². The molecule has 1 aromatic heterocycles. The van der Waals surface area contributed by atoms with Crippen molar-refractivity contribution in [2.24, 2.45) is 0 Å². The number of aromatic nitrogens is 1. The lowest BCUT2D eigenvalue weighted by Gasteiger charge is -2.41. The van der Waals surface area contributed by atoms with Crippen LogP contribution in [0, 0.1) is 32.6 Å². The molecule has 4 rings (SSSR count). The van der Waals surface area contributed by atoms with Gasteiger partial charge in [0.25, 0.3) is 5.56 Å². The Morgan fingerprint density at radius 3 is 2.47 bits per heavy atom. The second-order valence-corrected chi connectivity index (χ2v) is 12.2. The third-order valence-electron chi connectivity index (χ3n) is 9.27. The topological polar surface area (TPSA) is 73.1 Å². The minimum absolute atomic E-state index is 0.00855. The van der Waals surface area contributed by atoms with Crippen LogP contribution in [-0.2, 0) is 22.6 Å². The van der Waals surface area contributed by atoms with Crippen LogP contribution in [0.15, 0.2) is 23.0 Å². The van der Waals surface area contributed by atoms with E-state index in [2.05, 4.69) is 69.9 Å². The van der Waals surface area contributed by atoms with Gasteiger partial charge in [0, 0.05) is 81.0 Å². The first kappa shape index (κ1) is 33.2. The summed E-state index contributed by atoms with van der Waals surface area (Å²) >= 11 is 0. The van der Waals surface area contributed by atoms with Gasteiger partial charge in [0.1, 0.15) is 0 Å². The average molecular weight is 592 g/mol. The fourth-order valence-electron chi connectivity index (χ4n) is 6.60. The molecule has 0 spiro atoms. The van der Waals surface area contributed by atoms with Crippen molar-refractivity contribution in [3.63, 3.8) is 0 Å². The first-order chi connectivity index (χ1) is 20.8. The number of anilines is 1. The number of hydrogen-bond donors (Lipinski definition) is 2. The van der Waals surface area contributed by atoms with Crippen molar-refractivity contribution in [2.45, 2.75) is 78.6 Å². The summed E-state index contributed by atoms with van der Waals surface area (Å²) < 4.78 is 10.8. The monoisotopic (exact) mass is 591 g/mol. The first-order valence-corrected chi connectivity index (χ1v) is 16.1. The lowest BCUT2D eigenvalue weighted by Crippen LogP contribution is -2.44. The van der Waals surface area contributed by atoms with Gasteiger partial charge in [-0.25, -0.2) is 0 Å². The molecule has 2 N–H and O–H groups in total. The number of H-pyrrole nitrogens is 1. The van der Waals surface area contributed by atoms with Crippen LogP contribution < -0.4 is 15.8 Å². The molecule has 0 atom stereocenters. The largest absolute Gasteiger partial charge is 0.383 e. The minimum atomic E-state index is -0.00855. The number of hydrogen-bond acceptors (Lipinski definition) is 7. The van der Waals surface area contributed by atoms with Crippen LogP contribution in [0.2, 0.25) is 0 Å². The van der Waals surface area contributed by atoms with E-state index in [1.807, 2.05) is 19.9 Å². The molecule has 2 heterocycles. The lowest BCUT2D eigenvalue weighted by atomic mass is 9.88. The Balaban J connectivity index is 1.54. The zero-order valence-electron chi connectivity index (χ0n) is 27.4. The zero-order valence-corrected chi connectivity index (χ0v) is 27.4. The summed E-state index contributed by atoms with van der Waals surface area (Å²) in [6, 6.07) is 7.72. The van der Waals surface area contributed by atoms with E-state index in [-0.39, 0.29) is 5.56 Å². The average Bonchev–Trinajstić information content (AvgIpc) is 3.00. The van der Waals surface area contributed by atoms with Gasteiger partial charge in [-0.3, -0.25) is 9.69 Å². The summed E-state index contributed by atoms with van der Waals surface area (Å²) in [6.07, 6.45) is 4.78. The normalized spacial score (nSPS) is 19.3. The highest BCUT2D eigenvalue weighted by atomic mass is 16.5. The number of likely N-dealkylation sites (N-methyl/N-ethyl adjacent to an activating group) is 1. The molecule has 1 saturated heterocycles. The molecule has 1 aliphatic heterocycles. The number of benzene rings is 1. The van der Waals surface area contributed by atoms with Gasteiger partial charge >= 0.3 is 0 Å². The van der Waals surface area contributed by atoms with Gasteiger partial charge in [0.15, 0.2) is 0 Å². The van der Waals surface area contributed by atoms with E-state index in [9.17, 15) is 4.79 Å². The van der Waals surface area contributed by atoms with Crippen molar-refractivity contribution in [2.75, 3.05) is 71.6 Å². The van der Waals surface area contributed by atoms with Gasteiger partial charge in [-0.2, -0.15) is 0 Å². The van der Waals surface area contributed by atoms with Crippen molar-refractivity contribution >= 4 is 5.69 Å². The number of morpholine rings is 1. The van der Waals surface area contributed by atoms with Crippen LogP contribution in [-0.4, -0.2) is 93.6 Å². The number of nitrogens with zero attached hydrogens (tertiary/aromatic N) is 3. The first-order valence-electron chi connectivity index (χ1n) is 16.1. The van der Waals surface area contributed by atoms with E-state index < -0.39 is 0 Å². The molecule has 1 aromatic carbocycles. The number of aryl methyl sites for hydroxylation is 2. The highest BCUT2D eigenvalue weighted by Gasteiger charge is 2.28. The third-order valence-corrected chi connectivity index (χ3v) is 9.27. The Hall–Kier alpha value is -2.67. The number of aromatic amines is 1. The van der Waals surface area contributed by atoms with Gasteiger partial charge in [-0.15, -0.1) is 0 Å². The Bertz CT molecular complexity index is 1300. The summed E-state index contributed by atoms with van der Waals surface area (Å²) in [4.78, 5) is 23.0. The molecule has 0 unspecified atom stereocenters. The summed E-state index contributed by atoms with van der Waals surface area (Å²) in [5.41, 5.74) is 7.58. The molecule has 0 bridgehead atoms. The number of methoxy groups -OCH3 is 1. The Morgan fingerprint density at radius 1 is 1.07 bits per heavy atom. The smallest absolute Gasteiger partial charge is 0.252 e. The fourth-order valence-corrected chi connectivity index (χ4v) is 6.60. The summed E-state index contributed by atoms with van der Waals surface area (Å²) in [6.45, 7) is 16.6. The Morgan fingerprint density at radius 2 is 1.79 bits per heavy atom. The van der Waals surface area contributed by atoms with E-state index in [4.69, 9.17) is 9.47 Å². The summed E-state index contributed by atoms with van der Waals surface area (Å²) in [5.74, 6) is 6.93. The standard InChI is InChI=1S/C35H53N5O3/c1-7-40(32-12-10-31(11-13-32)38(5)15-18-42-6)34-23-29(9-8-14-39-16-19-43-20-17-39)22-30(28(34)4)24-36-25-33-26(2)21-27(3)37-35(33)41/h21-23,31-32,36H,7,10-20,24-25H2,1-6H3,(H,37,41). The van der Waals surface area contributed by atoms with Gasteiger partial charge < -0.3 is 29.6 Å². The minimum Gasteiger partial charge on any atom is -0.383 e. The van der Waals surface area contributed by atoms with Crippen molar-refractivity contribution < 1.29 is 9.47 Å². The maximum atomic E-state index is 12.6. The zero-order chi connectivity index (χ0) is 30.8. The van der Waals surface area contributed by atoms with E-state index in [1.165, 1.54) is 42.5 Å². The van der Waals surface area contributed by atoms with Crippen LogP contribution in [0.25, 0.3) is 0 Å². The molecule has 2 aliphatic rings. The molecule has 1 saturated carbocycles. The number of ether oxygens (including phenoxy) is 2. The lowest BCUT2D eigenvalue weighted by molar-refractivity contribution is 0.0443. The number of rotatable bonds is 12. The molecule has 2 aromatic rings. The van der Waals surface area contributed by atoms with Crippen molar-refractivity contribution in [3.05, 3.63) is 62.1 Å². The molecule has 8 nitrogen and oxygen atoms in total. The van der Waals surface area contributed by atoms with E-state index >= 15 is 0 Å². The van der Waals surface area contributed by atoms with Gasteiger partial charge in [-0.05, 0) is 95.3 Å². The van der Waals surface area contributed by atoms with Gasteiger partial charge in [0.2, 0.25) is 0 Å². The third kappa shape index (κ3) is 9.17. The van der Waals surface area contributed by atoms with Crippen LogP contribution in [0.1, 0.15) is 66.1 Å². The molecule has 0 amide bonds. The number of nitrogens with one attached hydrogen (secondary N) is 2.